The van der Waals surface area contributed by atoms with Crippen molar-refractivity contribution in [3.05, 3.63) is 48.3 Å². The summed E-state index contributed by atoms with van der Waals surface area (Å²) in [6.07, 6.45) is 10.8. The van der Waals surface area contributed by atoms with E-state index in [0.29, 0.717) is 0 Å². The molecule has 0 saturated heterocycles. The summed E-state index contributed by atoms with van der Waals surface area (Å²) >= 11 is 1.74. The zero-order valence-corrected chi connectivity index (χ0v) is 16.2. The Kier molecular flexibility index (Phi) is 6.92. The average Bonchev–Trinajstić information content (AvgIpc) is 3.19. The minimum Gasteiger partial charge on any atom is -0.387 e. The number of fused-ring (bicyclic) bond motifs is 1. The molecule has 1 aromatic heterocycles. The molecule has 4 nitrogen and oxygen atoms in total. The highest BCUT2D eigenvalue weighted by atomic mass is 32.2. The van der Waals surface area contributed by atoms with Gasteiger partial charge in [-0.1, -0.05) is 63.6 Å². The molecule has 0 bridgehead atoms. The molecule has 2 aromatic rings. The van der Waals surface area contributed by atoms with Gasteiger partial charge < -0.3 is 5.11 Å². The molecule has 0 spiro atoms. The predicted octanol–water partition coefficient (Wildman–Crippen LogP) is 5.10. The van der Waals surface area contributed by atoms with E-state index in [0.717, 1.165) is 23.3 Å². The Morgan fingerprint density at radius 1 is 1.15 bits per heavy atom. The number of rotatable bonds is 8. The fourth-order valence-corrected chi connectivity index (χ4v) is 5.18. The zero-order chi connectivity index (χ0) is 18.4. The molecular weight excluding hydrogens is 344 g/mol. The average molecular weight is 373 g/mol. The number of aliphatic hydroxyl groups is 1. The summed E-state index contributed by atoms with van der Waals surface area (Å²) in [4.78, 5) is 14.1. The summed E-state index contributed by atoms with van der Waals surface area (Å²) < 4.78 is 1.37. The Morgan fingerprint density at radius 2 is 1.92 bits per heavy atom. The molecule has 1 aromatic carbocycles. The molecule has 0 aliphatic carbocycles. The first kappa shape index (κ1) is 19.2. The van der Waals surface area contributed by atoms with Gasteiger partial charge in [-0.05, 0) is 24.1 Å². The number of hydrogen-bond donors (Lipinski definition) is 1. The van der Waals surface area contributed by atoms with Crippen molar-refractivity contribution >= 4 is 17.7 Å². The smallest absolute Gasteiger partial charge is 0.254 e. The van der Waals surface area contributed by atoms with Gasteiger partial charge in [0.05, 0.1) is 12.0 Å². The molecule has 0 amide bonds. The van der Waals surface area contributed by atoms with Crippen LogP contribution in [-0.4, -0.2) is 26.0 Å². The van der Waals surface area contributed by atoms with Crippen molar-refractivity contribution in [1.82, 2.24) is 9.78 Å². The molecule has 3 atom stereocenters. The first-order valence-corrected chi connectivity index (χ1v) is 10.6. The maximum absolute atomic E-state index is 13.0. The van der Waals surface area contributed by atoms with E-state index in [4.69, 9.17) is 0 Å². The van der Waals surface area contributed by atoms with Crippen molar-refractivity contribution in [2.45, 2.75) is 68.1 Å². The summed E-state index contributed by atoms with van der Waals surface area (Å²) in [5, 5.41) is 15.1. The van der Waals surface area contributed by atoms with Gasteiger partial charge in [0.15, 0.2) is 0 Å². The van der Waals surface area contributed by atoms with Gasteiger partial charge in [-0.3, -0.25) is 4.79 Å². The van der Waals surface area contributed by atoms with Crippen LogP contribution in [-0.2, 0) is 0 Å². The van der Waals surface area contributed by atoms with Crippen molar-refractivity contribution in [3.8, 4) is 0 Å². The van der Waals surface area contributed by atoms with E-state index in [2.05, 4.69) is 12.0 Å². The molecule has 0 fully saturated rings. The normalized spacial score (nSPS) is 22.2. The lowest BCUT2D eigenvalue weighted by molar-refractivity contribution is 0.0546. The summed E-state index contributed by atoms with van der Waals surface area (Å²) in [5.74, 6) is -0.564. The van der Waals surface area contributed by atoms with E-state index < -0.39 is 12.0 Å². The van der Waals surface area contributed by atoms with Crippen LogP contribution < -0.4 is 0 Å². The second-order valence-electron chi connectivity index (χ2n) is 7.01. The van der Waals surface area contributed by atoms with E-state index in [-0.39, 0.29) is 11.2 Å². The van der Waals surface area contributed by atoms with Gasteiger partial charge in [-0.25, -0.2) is 4.68 Å². The summed E-state index contributed by atoms with van der Waals surface area (Å²) in [6, 6.07) is 9.64. The molecule has 2 heterocycles. The van der Waals surface area contributed by atoms with Crippen LogP contribution in [0.5, 0.6) is 0 Å². The number of aliphatic hydroxyl groups excluding tert-OH is 1. The summed E-state index contributed by atoms with van der Waals surface area (Å²) in [5.41, 5.74) is 0.863. The van der Waals surface area contributed by atoms with Gasteiger partial charge in [0.25, 0.3) is 5.91 Å². The molecule has 1 aliphatic heterocycles. The van der Waals surface area contributed by atoms with Crippen molar-refractivity contribution in [2.75, 3.05) is 0 Å². The van der Waals surface area contributed by atoms with Gasteiger partial charge in [-0.15, -0.1) is 11.8 Å². The van der Waals surface area contributed by atoms with Gasteiger partial charge in [0.2, 0.25) is 0 Å². The monoisotopic (exact) mass is 372 g/mol. The SMILES string of the molecule is CCCCCCCC[C@H]1Sc2ccccc2[C@@H](O)[C@@H]1C(=O)n1cccn1. The Balaban J connectivity index is 1.72. The number of carbonyl (C=O) groups excluding carboxylic acids is 1. The largest absolute Gasteiger partial charge is 0.387 e. The zero-order valence-electron chi connectivity index (χ0n) is 15.4. The lowest BCUT2D eigenvalue weighted by Crippen LogP contribution is -2.38. The fourth-order valence-electron chi connectivity index (χ4n) is 3.68. The van der Waals surface area contributed by atoms with E-state index in [9.17, 15) is 9.90 Å². The van der Waals surface area contributed by atoms with Crippen molar-refractivity contribution in [2.24, 2.45) is 5.92 Å². The first-order valence-electron chi connectivity index (χ1n) is 9.70. The van der Waals surface area contributed by atoms with Gasteiger partial charge in [-0.2, -0.15) is 5.10 Å². The van der Waals surface area contributed by atoms with Crippen LogP contribution in [0.3, 0.4) is 0 Å². The van der Waals surface area contributed by atoms with E-state index in [1.807, 2.05) is 24.3 Å². The topological polar surface area (TPSA) is 55.1 Å². The molecule has 3 rings (SSSR count). The Morgan fingerprint density at radius 3 is 2.69 bits per heavy atom. The minimum absolute atomic E-state index is 0.0859. The molecule has 0 radical (unpaired) electrons. The maximum Gasteiger partial charge on any atom is 0.254 e. The predicted molar refractivity (Wildman–Crippen MR) is 105 cm³/mol. The number of nitrogens with zero attached hydrogens (tertiary/aromatic N) is 2. The van der Waals surface area contributed by atoms with Crippen molar-refractivity contribution in [3.63, 3.8) is 0 Å². The van der Waals surface area contributed by atoms with Crippen LogP contribution in [0.1, 0.15) is 68.3 Å². The third kappa shape index (κ3) is 4.38. The number of thioether (sulfide) groups is 1. The van der Waals surface area contributed by atoms with Crippen molar-refractivity contribution in [1.29, 1.82) is 0 Å². The number of carbonyl (C=O) groups is 1. The summed E-state index contributed by atoms with van der Waals surface area (Å²) in [6.45, 7) is 2.23. The maximum atomic E-state index is 13.0. The van der Waals surface area contributed by atoms with Crippen LogP contribution in [0.4, 0.5) is 0 Å². The Bertz CT molecular complexity index is 702. The summed E-state index contributed by atoms with van der Waals surface area (Å²) in [7, 11) is 0. The van der Waals surface area contributed by atoms with E-state index in [1.165, 1.54) is 36.8 Å². The van der Waals surface area contributed by atoms with Gasteiger partial charge >= 0.3 is 0 Å². The van der Waals surface area contributed by atoms with Crippen LogP contribution >= 0.6 is 11.8 Å². The Labute approximate surface area is 160 Å². The molecule has 1 N–H and O–H groups in total. The lowest BCUT2D eigenvalue weighted by atomic mass is 9.88. The van der Waals surface area contributed by atoms with Crippen molar-refractivity contribution < 1.29 is 9.90 Å². The van der Waals surface area contributed by atoms with Crippen LogP contribution in [0.15, 0.2) is 47.6 Å². The minimum atomic E-state index is -0.769. The number of hydrogen-bond acceptors (Lipinski definition) is 4. The molecule has 1 aliphatic rings. The number of aromatic nitrogens is 2. The first-order chi connectivity index (χ1) is 12.7. The Hall–Kier alpha value is -1.59. The van der Waals surface area contributed by atoms with Crippen LogP contribution in [0, 0.1) is 5.92 Å². The molecule has 26 heavy (non-hydrogen) atoms. The second kappa shape index (κ2) is 9.38. The van der Waals surface area contributed by atoms with Gasteiger partial charge in [0.1, 0.15) is 0 Å². The highest BCUT2D eigenvalue weighted by Gasteiger charge is 2.41. The van der Waals surface area contributed by atoms with E-state index in [1.54, 1.807) is 30.2 Å². The fraction of sp³-hybridized carbons (Fsp3) is 0.524. The van der Waals surface area contributed by atoms with Crippen LogP contribution in [0.2, 0.25) is 0 Å². The molecule has 140 valence electrons. The third-order valence-corrected chi connectivity index (χ3v) is 6.57. The number of unbranched alkanes of at least 4 members (excludes halogenated alkanes) is 5. The molecule has 0 saturated carbocycles. The van der Waals surface area contributed by atoms with E-state index >= 15 is 0 Å². The quantitative estimate of drug-likeness (QED) is 0.655. The third-order valence-electron chi connectivity index (χ3n) is 5.11. The lowest BCUT2D eigenvalue weighted by Gasteiger charge is -2.35. The highest BCUT2D eigenvalue weighted by Crippen LogP contribution is 2.46. The molecular formula is C21H28N2O2S. The molecule has 0 unspecified atom stereocenters. The van der Waals surface area contributed by atoms with Gasteiger partial charge in [0, 0.05) is 22.5 Å². The highest BCUT2D eigenvalue weighted by molar-refractivity contribution is 8.00. The second-order valence-corrected chi connectivity index (χ2v) is 8.29. The standard InChI is InChI=1S/C21H28N2O2S/c1-2-3-4-5-6-7-13-18-19(21(25)23-15-10-14-22-23)20(24)16-11-8-9-12-17(16)26-18/h8-12,14-15,18-20,24H,2-7,13H2,1H3/t18-,19-,20-/m1/s1. The molecule has 5 heteroatoms. The van der Waals surface area contributed by atoms with Crippen LogP contribution in [0.25, 0.3) is 0 Å². The number of benzene rings is 1.